The molecule has 10 aromatic rings. The summed E-state index contributed by atoms with van der Waals surface area (Å²) in [6.07, 6.45) is 0.890. The van der Waals surface area contributed by atoms with E-state index < -0.39 is 0 Å². The van der Waals surface area contributed by atoms with Gasteiger partial charge >= 0.3 is 0 Å². The Morgan fingerprint density at radius 1 is 0.407 bits per heavy atom. The maximum atomic E-state index is 2.45. The van der Waals surface area contributed by atoms with Crippen molar-refractivity contribution in [3.05, 3.63) is 258 Å². The van der Waals surface area contributed by atoms with Gasteiger partial charge in [0.05, 0.1) is 11.0 Å². The molecule has 0 amide bonds. The predicted molar refractivity (Wildman–Crippen MR) is 248 cm³/mol. The zero-order valence-corrected chi connectivity index (χ0v) is 33.1. The van der Waals surface area contributed by atoms with Crippen molar-refractivity contribution in [2.75, 3.05) is 0 Å². The third-order valence-electron chi connectivity index (χ3n) is 12.9. The van der Waals surface area contributed by atoms with Crippen molar-refractivity contribution >= 4 is 21.8 Å². The molecule has 59 heavy (non-hydrogen) atoms. The van der Waals surface area contributed by atoms with Crippen LogP contribution in [-0.4, -0.2) is 4.57 Å². The molecule has 0 unspecified atom stereocenters. The van der Waals surface area contributed by atoms with Crippen LogP contribution < -0.4 is 0 Å². The SMILES string of the molecule is C[C@]1(c2ccccc2)c2ccccc2-c2cc(-c3ccc(C[C@H](c4ccc(-c5ccccc5)cc4)c4ccc5c(c4)c4ccccc4n5-c4ccccc4)cc3)ccc21. The highest BCUT2D eigenvalue weighted by Crippen LogP contribution is 2.53. The Hall–Kier alpha value is -7.22. The van der Waals surface area contributed by atoms with E-state index in [0.717, 1.165) is 6.42 Å². The minimum atomic E-state index is -0.191. The Balaban J connectivity index is 0.970. The van der Waals surface area contributed by atoms with E-state index in [4.69, 9.17) is 0 Å². The Labute approximate surface area is 346 Å². The monoisotopic (exact) mass is 753 g/mol. The van der Waals surface area contributed by atoms with Gasteiger partial charge in [0.15, 0.2) is 0 Å². The Bertz CT molecular complexity index is 3100. The van der Waals surface area contributed by atoms with Gasteiger partial charge in [0.2, 0.25) is 0 Å². The second-order valence-electron chi connectivity index (χ2n) is 16.2. The predicted octanol–water partition coefficient (Wildman–Crippen LogP) is 14.8. The van der Waals surface area contributed by atoms with Gasteiger partial charge in [0.25, 0.3) is 0 Å². The van der Waals surface area contributed by atoms with Crippen LogP contribution in [0.5, 0.6) is 0 Å². The maximum Gasteiger partial charge on any atom is 0.0541 e. The van der Waals surface area contributed by atoms with Gasteiger partial charge in [-0.25, -0.2) is 0 Å². The number of fused-ring (bicyclic) bond motifs is 6. The topological polar surface area (TPSA) is 4.93 Å². The van der Waals surface area contributed by atoms with E-state index >= 15 is 0 Å². The minimum absolute atomic E-state index is 0.168. The molecule has 9 aromatic carbocycles. The third-order valence-corrected chi connectivity index (χ3v) is 12.9. The molecular formula is C58H43N. The molecule has 280 valence electrons. The van der Waals surface area contributed by atoms with E-state index in [-0.39, 0.29) is 11.3 Å². The van der Waals surface area contributed by atoms with Crippen LogP contribution in [-0.2, 0) is 11.8 Å². The van der Waals surface area contributed by atoms with Crippen molar-refractivity contribution in [1.82, 2.24) is 4.57 Å². The largest absolute Gasteiger partial charge is 0.309 e. The molecule has 1 heterocycles. The van der Waals surface area contributed by atoms with Gasteiger partial charge in [-0.15, -0.1) is 0 Å². The Kier molecular flexibility index (Phi) is 8.48. The molecule has 1 aromatic heterocycles. The van der Waals surface area contributed by atoms with Crippen LogP contribution >= 0.6 is 0 Å². The van der Waals surface area contributed by atoms with Gasteiger partial charge in [-0.05, 0) is 117 Å². The Morgan fingerprint density at radius 2 is 0.966 bits per heavy atom. The molecule has 0 saturated carbocycles. The first kappa shape index (κ1) is 35.0. The molecule has 1 heteroatoms. The lowest BCUT2D eigenvalue weighted by Gasteiger charge is -2.28. The van der Waals surface area contributed by atoms with Crippen molar-refractivity contribution in [3.63, 3.8) is 0 Å². The molecule has 0 saturated heterocycles. The van der Waals surface area contributed by atoms with Gasteiger partial charge in [-0.2, -0.15) is 0 Å². The number of rotatable bonds is 8. The molecule has 2 atom stereocenters. The molecule has 0 N–H and O–H groups in total. The highest BCUT2D eigenvalue weighted by molar-refractivity contribution is 6.09. The van der Waals surface area contributed by atoms with Gasteiger partial charge in [0, 0.05) is 27.8 Å². The van der Waals surface area contributed by atoms with Crippen LogP contribution in [0.2, 0.25) is 0 Å². The summed E-state index contributed by atoms with van der Waals surface area (Å²) in [6.45, 7) is 2.38. The zero-order valence-electron chi connectivity index (χ0n) is 33.1. The van der Waals surface area contributed by atoms with Gasteiger partial charge in [0.1, 0.15) is 0 Å². The second kappa shape index (κ2) is 14.3. The minimum Gasteiger partial charge on any atom is -0.309 e. The van der Waals surface area contributed by atoms with Gasteiger partial charge < -0.3 is 4.57 Å². The van der Waals surface area contributed by atoms with E-state index in [1.165, 1.54) is 94.3 Å². The highest BCUT2D eigenvalue weighted by atomic mass is 15.0. The zero-order chi connectivity index (χ0) is 39.3. The van der Waals surface area contributed by atoms with E-state index in [0.29, 0.717) is 0 Å². The first-order valence-corrected chi connectivity index (χ1v) is 20.8. The molecular weight excluding hydrogens is 711 g/mol. The summed E-state index contributed by atoms with van der Waals surface area (Å²) < 4.78 is 2.40. The molecule has 1 aliphatic carbocycles. The van der Waals surface area contributed by atoms with Crippen molar-refractivity contribution in [1.29, 1.82) is 0 Å². The quantitative estimate of drug-likeness (QED) is 0.146. The molecule has 0 fully saturated rings. The summed E-state index contributed by atoms with van der Waals surface area (Å²) in [7, 11) is 0. The van der Waals surface area contributed by atoms with Crippen LogP contribution in [0, 0.1) is 0 Å². The molecule has 0 spiro atoms. The molecule has 0 bridgehead atoms. The highest BCUT2D eigenvalue weighted by Gasteiger charge is 2.40. The normalized spacial score (nSPS) is 14.9. The van der Waals surface area contributed by atoms with Crippen molar-refractivity contribution in [3.8, 4) is 39.1 Å². The molecule has 0 radical (unpaired) electrons. The number of aromatic nitrogens is 1. The number of hydrogen-bond donors (Lipinski definition) is 0. The van der Waals surface area contributed by atoms with E-state index in [1.54, 1.807) is 0 Å². The summed E-state index contributed by atoms with van der Waals surface area (Å²) >= 11 is 0. The number of hydrogen-bond acceptors (Lipinski definition) is 0. The van der Waals surface area contributed by atoms with Crippen LogP contribution in [0.1, 0.15) is 46.2 Å². The molecule has 11 rings (SSSR count). The fourth-order valence-electron chi connectivity index (χ4n) is 9.86. The fraction of sp³-hybridized carbons (Fsp3) is 0.0690. The summed E-state index contributed by atoms with van der Waals surface area (Å²) in [6, 6.07) is 82.9. The van der Waals surface area contributed by atoms with Crippen LogP contribution in [0.4, 0.5) is 0 Å². The lowest BCUT2D eigenvalue weighted by atomic mass is 9.74. The second-order valence-corrected chi connectivity index (χ2v) is 16.2. The first-order valence-electron chi connectivity index (χ1n) is 20.8. The maximum absolute atomic E-state index is 2.45. The van der Waals surface area contributed by atoms with E-state index in [9.17, 15) is 0 Å². The molecule has 1 nitrogen and oxygen atoms in total. The summed E-state index contributed by atoms with van der Waals surface area (Å²) in [5.41, 5.74) is 19.1. The van der Waals surface area contributed by atoms with Crippen LogP contribution in [0.25, 0.3) is 60.9 Å². The summed E-state index contributed by atoms with van der Waals surface area (Å²) in [5, 5.41) is 2.56. The van der Waals surface area contributed by atoms with Gasteiger partial charge in [-0.1, -0.05) is 188 Å². The van der Waals surface area contributed by atoms with E-state index in [2.05, 4.69) is 236 Å². The smallest absolute Gasteiger partial charge is 0.0541 e. The standard InChI is InChI=1S/C58H43N/c1-58(47-17-7-3-8-18-47)54-23-13-11-21-49(54)52-38-45(33-35-55(52)58)43-27-25-40(26-28-43)37-51(44-31-29-42(30-32-44)41-15-5-2-6-16-41)46-34-36-57-53(39-46)50-22-12-14-24-56(50)59(57)48-19-9-4-10-20-48/h2-36,38-39,51H,37H2,1H3/t51-,58+/m1/s1. The number of benzene rings is 9. The summed E-state index contributed by atoms with van der Waals surface area (Å²) in [5.74, 6) is 0.168. The van der Waals surface area contributed by atoms with E-state index in [1.807, 2.05) is 0 Å². The van der Waals surface area contributed by atoms with Crippen LogP contribution in [0.3, 0.4) is 0 Å². The average molecular weight is 754 g/mol. The van der Waals surface area contributed by atoms with Crippen LogP contribution in [0.15, 0.2) is 224 Å². The number of para-hydroxylation sites is 2. The molecule has 1 aliphatic rings. The van der Waals surface area contributed by atoms with Gasteiger partial charge in [-0.3, -0.25) is 0 Å². The Morgan fingerprint density at radius 3 is 1.75 bits per heavy atom. The fourth-order valence-corrected chi connectivity index (χ4v) is 9.86. The lowest BCUT2D eigenvalue weighted by Crippen LogP contribution is -2.22. The lowest BCUT2D eigenvalue weighted by molar-refractivity contribution is 0.714. The third kappa shape index (κ3) is 5.93. The molecule has 0 aliphatic heterocycles. The van der Waals surface area contributed by atoms with Crippen molar-refractivity contribution in [2.45, 2.75) is 24.7 Å². The van der Waals surface area contributed by atoms with Crippen molar-refractivity contribution in [2.24, 2.45) is 0 Å². The van der Waals surface area contributed by atoms with Crippen molar-refractivity contribution < 1.29 is 0 Å². The first-order chi connectivity index (χ1) is 29.1. The summed E-state index contributed by atoms with van der Waals surface area (Å²) in [4.78, 5) is 0. The average Bonchev–Trinajstić information content (AvgIpc) is 3.78. The number of nitrogens with zero attached hydrogens (tertiary/aromatic N) is 1.